The first-order valence-electron chi connectivity index (χ1n) is 12.5. The van der Waals surface area contributed by atoms with Crippen LogP contribution in [0.5, 0.6) is 0 Å². The number of aromatic nitrogens is 3. The number of para-hydroxylation sites is 2. The monoisotopic (exact) mass is 473 g/mol. The molecule has 7 aromatic rings. The average molecular weight is 474 g/mol. The van der Waals surface area contributed by atoms with E-state index in [1.807, 2.05) is 24.3 Å². The van der Waals surface area contributed by atoms with Gasteiger partial charge in [0.15, 0.2) is 5.82 Å². The summed E-state index contributed by atoms with van der Waals surface area (Å²) < 4.78 is 2.26. The van der Waals surface area contributed by atoms with Gasteiger partial charge in [-0.3, -0.25) is 4.57 Å². The summed E-state index contributed by atoms with van der Waals surface area (Å²) in [6.07, 6.45) is 0. The second-order valence-electron chi connectivity index (χ2n) is 9.06. The molecule has 0 fully saturated rings. The maximum atomic E-state index is 5.26. The lowest BCUT2D eigenvalue weighted by Crippen LogP contribution is -2.00. The molecule has 2 aromatic heterocycles. The van der Waals surface area contributed by atoms with Crippen molar-refractivity contribution in [1.82, 2.24) is 14.5 Å². The van der Waals surface area contributed by atoms with E-state index in [9.17, 15) is 0 Å². The Kier molecular flexibility index (Phi) is 5.11. The van der Waals surface area contributed by atoms with Gasteiger partial charge < -0.3 is 0 Å². The molecule has 0 N–H and O–H groups in total. The first-order valence-corrected chi connectivity index (χ1v) is 12.5. The van der Waals surface area contributed by atoms with Crippen molar-refractivity contribution in [3.8, 4) is 39.5 Å². The normalized spacial score (nSPS) is 11.2. The van der Waals surface area contributed by atoms with E-state index in [1.165, 1.54) is 0 Å². The number of nitrogens with zero attached hydrogens (tertiary/aromatic N) is 3. The molecule has 0 unspecified atom stereocenters. The minimum Gasteiger partial charge on any atom is -0.294 e. The van der Waals surface area contributed by atoms with Gasteiger partial charge in [-0.15, -0.1) is 0 Å². The number of hydrogen-bond acceptors (Lipinski definition) is 2. The lowest BCUT2D eigenvalue weighted by atomic mass is 9.95. The molecule has 37 heavy (non-hydrogen) atoms. The molecular weight excluding hydrogens is 450 g/mol. The molecule has 2 heterocycles. The molecule has 0 bridgehead atoms. The van der Waals surface area contributed by atoms with E-state index in [-0.39, 0.29) is 0 Å². The quantitative estimate of drug-likeness (QED) is 0.256. The minimum absolute atomic E-state index is 0.714. The van der Waals surface area contributed by atoms with Crippen LogP contribution in [0, 0.1) is 0 Å². The molecule has 0 radical (unpaired) electrons. The van der Waals surface area contributed by atoms with Crippen LogP contribution in [0.2, 0.25) is 0 Å². The van der Waals surface area contributed by atoms with Gasteiger partial charge in [0.1, 0.15) is 5.65 Å². The number of benzene rings is 5. The van der Waals surface area contributed by atoms with Crippen LogP contribution in [0.3, 0.4) is 0 Å². The SMILES string of the molecule is c1ccc(-c2nc(-c3ccccc3-c3ccccc3)c3c4ccccc4n(-c4ccccc4)c3n2)cc1. The zero-order valence-corrected chi connectivity index (χ0v) is 20.1. The van der Waals surface area contributed by atoms with Crippen LogP contribution in [-0.2, 0) is 0 Å². The van der Waals surface area contributed by atoms with Gasteiger partial charge in [-0.2, -0.15) is 0 Å². The highest BCUT2D eigenvalue weighted by Crippen LogP contribution is 2.41. The fraction of sp³-hybridized carbons (Fsp3) is 0. The fourth-order valence-electron chi connectivity index (χ4n) is 5.16. The van der Waals surface area contributed by atoms with Crippen molar-refractivity contribution in [2.24, 2.45) is 0 Å². The summed E-state index contributed by atoms with van der Waals surface area (Å²) in [5.41, 5.74) is 8.43. The molecule has 0 saturated heterocycles. The minimum atomic E-state index is 0.714. The molecule has 0 atom stereocenters. The van der Waals surface area contributed by atoms with Crippen LogP contribution in [0.25, 0.3) is 61.4 Å². The Balaban J connectivity index is 1.65. The van der Waals surface area contributed by atoms with Crippen molar-refractivity contribution < 1.29 is 0 Å². The summed E-state index contributed by atoms with van der Waals surface area (Å²) in [4.78, 5) is 10.5. The maximum absolute atomic E-state index is 5.26. The Morgan fingerprint density at radius 3 is 1.76 bits per heavy atom. The Hall–Kier alpha value is -5.02. The van der Waals surface area contributed by atoms with E-state index in [0.717, 1.165) is 55.6 Å². The number of rotatable bonds is 4. The van der Waals surface area contributed by atoms with E-state index >= 15 is 0 Å². The molecule has 0 amide bonds. The van der Waals surface area contributed by atoms with Gasteiger partial charge in [0, 0.05) is 22.2 Å². The Morgan fingerprint density at radius 2 is 1.03 bits per heavy atom. The topological polar surface area (TPSA) is 30.7 Å². The second kappa shape index (κ2) is 8.89. The van der Waals surface area contributed by atoms with Crippen LogP contribution in [-0.4, -0.2) is 14.5 Å². The first kappa shape index (κ1) is 21.3. The molecule has 0 spiro atoms. The third kappa shape index (κ3) is 3.60. The van der Waals surface area contributed by atoms with Crippen molar-refractivity contribution in [2.75, 3.05) is 0 Å². The van der Waals surface area contributed by atoms with Gasteiger partial charge in [-0.1, -0.05) is 121 Å². The van der Waals surface area contributed by atoms with Crippen LogP contribution in [0.15, 0.2) is 140 Å². The second-order valence-corrected chi connectivity index (χ2v) is 9.06. The third-order valence-corrected chi connectivity index (χ3v) is 6.83. The van der Waals surface area contributed by atoms with Gasteiger partial charge in [-0.25, -0.2) is 9.97 Å². The van der Waals surface area contributed by atoms with Gasteiger partial charge in [0.25, 0.3) is 0 Å². The highest BCUT2D eigenvalue weighted by atomic mass is 15.1. The van der Waals surface area contributed by atoms with Crippen molar-refractivity contribution in [1.29, 1.82) is 0 Å². The molecule has 0 aliphatic rings. The predicted molar refractivity (Wildman–Crippen MR) is 153 cm³/mol. The highest BCUT2D eigenvalue weighted by Gasteiger charge is 2.22. The zero-order valence-electron chi connectivity index (χ0n) is 20.1. The predicted octanol–water partition coefficient (Wildman–Crippen LogP) is 8.57. The van der Waals surface area contributed by atoms with E-state index in [2.05, 4.69) is 120 Å². The van der Waals surface area contributed by atoms with Crippen molar-refractivity contribution >= 4 is 21.9 Å². The molecule has 3 nitrogen and oxygen atoms in total. The van der Waals surface area contributed by atoms with Gasteiger partial charge in [0.05, 0.1) is 16.6 Å². The third-order valence-electron chi connectivity index (χ3n) is 6.83. The fourth-order valence-corrected chi connectivity index (χ4v) is 5.16. The summed E-state index contributed by atoms with van der Waals surface area (Å²) in [6, 6.07) is 48.3. The van der Waals surface area contributed by atoms with Crippen LogP contribution < -0.4 is 0 Å². The smallest absolute Gasteiger partial charge is 0.162 e. The molecule has 3 heteroatoms. The van der Waals surface area contributed by atoms with Gasteiger partial charge >= 0.3 is 0 Å². The van der Waals surface area contributed by atoms with Crippen molar-refractivity contribution in [3.63, 3.8) is 0 Å². The first-order chi connectivity index (χ1) is 18.4. The Bertz CT molecular complexity index is 1850. The van der Waals surface area contributed by atoms with Gasteiger partial charge in [0.2, 0.25) is 0 Å². The Labute approximate surface area is 215 Å². The zero-order chi connectivity index (χ0) is 24.6. The lowest BCUT2D eigenvalue weighted by molar-refractivity contribution is 1.11. The highest BCUT2D eigenvalue weighted by molar-refractivity contribution is 6.15. The van der Waals surface area contributed by atoms with Gasteiger partial charge in [-0.05, 0) is 29.3 Å². The molecule has 7 rings (SSSR count). The number of fused-ring (bicyclic) bond motifs is 3. The standard InChI is InChI=1S/C34H23N3/c1-4-14-24(15-5-1)27-20-10-11-21-28(27)32-31-29-22-12-13-23-30(29)37(26-18-8-3-9-19-26)34(31)36-33(35-32)25-16-6-2-7-17-25/h1-23H. The van der Waals surface area contributed by atoms with E-state index in [0.29, 0.717) is 5.82 Å². The summed E-state index contributed by atoms with van der Waals surface area (Å²) in [6.45, 7) is 0. The summed E-state index contributed by atoms with van der Waals surface area (Å²) in [7, 11) is 0. The van der Waals surface area contributed by atoms with E-state index < -0.39 is 0 Å². The molecule has 0 aliphatic carbocycles. The maximum Gasteiger partial charge on any atom is 0.162 e. The molecule has 0 saturated carbocycles. The Morgan fingerprint density at radius 1 is 0.459 bits per heavy atom. The molecule has 5 aromatic carbocycles. The largest absolute Gasteiger partial charge is 0.294 e. The van der Waals surface area contributed by atoms with Crippen LogP contribution in [0.1, 0.15) is 0 Å². The van der Waals surface area contributed by atoms with Crippen molar-refractivity contribution in [3.05, 3.63) is 140 Å². The number of hydrogen-bond donors (Lipinski definition) is 0. The molecule has 174 valence electrons. The van der Waals surface area contributed by atoms with E-state index in [4.69, 9.17) is 9.97 Å². The summed E-state index contributed by atoms with van der Waals surface area (Å²) in [5, 5.41) is 2.20. The van der Waals surface area contributed by atoms with Crippen LogP contribution in [0.4, 0.5) is 0 Å². The van der Waals surface area contributed by atoms with E-state index in [1.54, 1.807) is 0 Å². The van der Waals surface area contributed by atoms with Crippen molar-refractivity contribution in [2.45, 2.75) is 0 Å². The van der Waals surface area contributed by atoms with Crippen LogP contribution >= 0.6 is 0 Å². The summed E-state index contributed by atoms with van der Waals surface area (Å²) >= 11 is 0. The molecular formula is C34H23N3. The lowest BCUT2D eigenvalue weighted by Gasteiger charge is -2.13. The molecule has 0 aliphatic heterocycles. The average Bonchev–Trinajstić information content (AvgIpc) is 3.32. The summed E-state index contributed by atoms with van der Waals surface area (Å²) in [5.74, 6) is 0.714.